The minimum atomic E-state index is -0.430. The van der Waals surface area contributed by atoms with Crippen LogP contribution >= 0.6 is 0 Å². The molecule has 0 bridgehead atoms. The van der Waals surface area contributed by atoms with Crippen LogP contribution in [0.1, 0.15) is 29.6 Å². The molecule has 1 aliphatic rings. The van der Waals surface area contributed by atoms with Gasteiger partial charge in [-0.2, -0.15) is 0 Å². The van der Waals surface area contributed by atoms with Crippen LogP contribution in [-0.4, -0.2) is 63.3 Å². The Labute approximate surface area is 189 Å². The Kier molecular flexibility index (Phi) is 9.07. The second-order valence-corrected chi connectivity index (χ2v) is 8.05. The molecule has 7 nitrogen and oxygen atoms in total. The smallest absolute Gasteiger partial charge is 0.248 e. The summed E-state index contributed by atoms with van der Waals surface area (Å²) in [6, 6.07) is 15.5. The van der Waals surface area contributed by atoms with Crippen molar-refractivity contribution >= 4 is 17.5 Å². The van der Waals surface area contributed by atoms with Crippen LogP contribution in [0.2, 0.25) is 0 Å². The number of ether oxygens (including phenoxy) is 2. The van der Waals surface area contributed by atoms with Crippen molar-refractivity contribution in [2.75, 3.05) is 51.9 Å². The number of likely N-dealkylation sites (tertiary alicyclic amines) is 1. The number of primary amides is 1. The number of carbonyl (C=O) groups excluding carboxylic acids is 2. The highest BCUT2D eigenvalue weighted by Crippen LogP contribution is 2.29. The first-order valence-electron chi connectivity index (χ1n) is 11.2. The molecule has 3 rings (SSSR count). The molecule has 1 heterocycles. The van der Waals surface area contributed by atoms with Crippen molar-refractivity contribution in [3.8, 4) is 11.1 Å². The van der Waals surface area contributed by atoms with Crippen LogP contribution in [0.25, 0.3) is 11.1 Å². The molecule has 0 aromatic heterocycles. The molecule has 2 aromatic carbocycles. The number of methoxy groups -OCH3 is 1. The van der Waals surface area contributed by atoms with Crippen molar-refractivity contribution in [2.45, 2.75) is 19.3 Å². The van der Waals surface area contributed by atoms with Crippen molar-refractivity contribution in [1.29, 1.82) is 0 Å². The number of anilines is 1. The summed E-state index contributed by atoms with van der Waals surface area (Å²) < 4.78 is 10.3. The van der Waals surface area contributed by atoms with Gasteiger partial charge in [0.2, 0.25) is 11.8 Å². The van der Waals surface area contributed by atoms with Crippen LogP contribution < -0.4 is 11.1 Å². The molecule has 1 saturated heterocycles. The van der Waals surface area contributed by atoms with Gasteiger partial charge in [-0.1, -0.05) is 30.3 Å². The normalized spacial score (nSPS) is 14.3. The maximum atomic E-state index is 12.4. The van der Waals surface area contributed by atoms with Crippen LogP contribution in [0, 0.1) is 5.92 Å². The van der Waals surface area contributed by atoms with E-state index >= 15 is 0 Å². The summed E-state index contributed by atoms with van der Waals surface area (Å²) in [7, 11) is 1.63. The molecule has 1 fully saturated rings. The van der Waals surface area contributed by atoms with E-state index in [-0.39, 0.29) is 5.91 Å². The highest BCUT2D eigenvalue weighted by Gasteiger charge is 2.22. The molecule has 0 unspecified atom stereocenters. The van der Waals surface area contributed by atoms with Gasteiger partial charge in [0.1, 0.15) is 0 Å². The molecule has 0 saturated carbocycles. The van der Waals surface area contributed by atoms with E-state index in [1.54, 1.807) is 13.2 Å². The van der Waals surface area contributed by atoms with Gasteiger partial charge in [-0.05, 0) is 42.5 Å². The minimum absolute atomic E-state index is 0.161. The van der Waals surface area contributed by atoms with Gasteiger partial charge < -0.3 is 25.4 Å². The molecule has 0 aliphatic carbocycles. The van der Waals surface area contributed by atoms with Gasteiger partial charge in [0.25, 0.3) is 0 Å². The zero-order valence-corrected chi connectivity index (χ0v) is 18.7. The van der Waals surface area contributed by atoms with Crippen molar-refractivity contribution in [3.05, 3.63) is 54.1 Å². The number of hydrogen-bond donors (Lipinski definition) is 2. The van der Waals surface area contributed by atoms with E-state index in [9.17, 15) is 9.59 Å². The summed E-state index contributed by atoms with van der Waals surface area (Å²) in [6.45, 7) is 3.92. The Morgan fingerprint density at radius 3 is 2.59 bits per heavy atom. The van der Waals surface area contributed by atoms with Crippen LogP contribution in [0.5, 0.6) is 0 Å². The van der Waals surface area contributed by atoms with Gasteiger partial charge in [-0.15, -0.1) is 0 Å². The lowest BCUT2D eigenvalue weighted by molar-refractivity contribution is -0.133. The van der Waals surface area contributed by atoms with Gasteiger partial charge in [0.15, 0.2) is 0 Å². The van der Waals surface area contributed by atoms with E-state index in [1.807, 2.05) is 41.3 Å². The van der Waals surface area contributed by atoms with Crippen molar-refractivity contribution in [1.82, 2.24) is 4.90 Å². The summed E-state index contributed by atoms with van der Waals surface area (Å²) >= 11 is 0. The molecular formula is C25H33N3O4. The molecule has 7 heteroatoms. The summed E-state index contributed by atoms with van der Waals surface area (Å²) in [5.41, 5.74) is 8.96. The second kappa shape index (κ2) is 12.2. The van der Waals surface area contributed by atoms with E-state index in [2.05, 4.69) is 11.4 Å². The predicted octanol–water partition coefficient (Wildman–Crippen LogP) is 3.16. The minimum Gasteiger partial charge on any atom is -0.384 e. The molecule has 3 N–H and O–H groups in total. The van der Waals surface area contributed by atoms with E-state index < -0.39 is 5.91 Å². The van der Waals surface area contributed by atoms with E-state index in [1.165, 1.54) is 0 Å². The topological polar surface area (TPSA) is 93.9 Å². The number of nitrogens with one attached hydrogen (secondary N) is 1. The lowest BCUT2D eigenvalue weighted by Crippen LogP contribution is -2.40. The fraction of sp³-hybridized carbons (Fsp3) is 0.440. The van der Waals surface area contributed by atoms with E-state index in [0.717, 1.165) is 49.3 Å². The SMILES string of the molecule is COCCOCCC(=O)N1CCC(CNc2ccccc2-c2cccc(C(N)=O)c2)CC1. The Hall–Kier alpha value is -2.90. The zero-order valence-electron chi connectivity index (χ0n) is 18.7. The second-order valence-electron chi connectivity index (χ2n) is 8.05. The van der Waals surface area contributed by atoms with Crippen LogP contribution in [0.3, 0.4) is 0 Å². The Balaban J connectivity index is 1.49. The number of para-hydroxylation sites is 1. The maximum absolute atomic E-state index is 12.4. The average molecular weight is 440 g/mol. The average Bonchev–Trinajstić information content (AvgIpc) is 2.83. The summed E-state index contributed by atoms with van der Waals surface area (Å²) in [5.74, 6) is 0.232. The van der Waals surface area contributed by atoms with Gasteiger partial charge in [-0.3, -0.25) is 9.59 Å². The molecule has 32 heavy (non-hydrogen) atoms. The fourth-order valence-corrected chi connectivity index (χ4v) is 3.93. The standard InChI is InChI=1S/C25H33N3O4/c1-31-15-16-32-14-11-24(29)28-12-9-19(10-13-28)18-27-23-8-3-2-7-22(23)20-5-4-6-21(17-20)25(26)30/h2-8,17,19,27H,9-16,18H2,1H3,(H2,26,30). The van der Waals surface area contributed by atoms with Crippen molar-refractivity contribution in [2.24, 2.45) is 11.7 Å². The maximum Gasteiger partial charge on any atom is 0.248 e. The molecule has 0 spiro atoms. The lowest BCUT2D eigenvalue weighted by Gasteiger charge is -2.32. The number of piperidine rings is 1. The zero-order chi connectivity index (χ0) is 22.8. The van der Waals surface area contributed by atoms with Crippen molar-refractivity contribution < 1.29 is 19.1 Å². The lowest BCUT2D eigenvalue weighted by atomic mass is 9.95. The Morgan fingerprint density at radius 2 is 1.84 bits per heavy atom. The van der Waals surface area contributed by atoms with Crippen LogP contribution in [-0.2, 0) is 14.3 Å². The Bertz CT molecular complexity index is 894. The van der Waals surface area contributed by atoms with E-state index in [0.29, 0.717) is 37.7 Å². The Morgan fingerprint density at radius 1 is 1.06 bits per heavy atom. The van der Waals surface area contributed by atoms with Crippen LogP contribution in [0.4, 0.5) is 5.69 Å². The molecule has 0 radical (unpaired) electrons. The number of carbonyl (C=O) groups is 2. The number of amides is 2. The summed E-state index contributed by atoms with van der Waals surface area (Å²) in [4.78, 5) is 25.8. The van der Waals surface area contributed by atoms with Gasteiger partial charge >= 0.3 is 0 Å². The number of benzene rings is 2. The highest BCUT2D eigenvalue weighted by atomic mass is 16.5. The van der Waals surface area contributed by atoms with Crippen LogP contribution in [0.15, 0.2) is 48.5 Å². The molecule has 2 aromatic rings. The van der Waals surface area contributed by atoms with Gasteiger partial charge in [0, 0.05) is 43.6 Å². The summed E-state index contributed by atoms with van der Waals surface area (Å²) in [5, 5.41) is 3.58. The third kappa shape index (κ3) is 6.80. The third-order valence-corrected chi connectivity index (χ3v) is 5.83. The molecule has 0 atom stereocenters. The fourth-order valence-electron chi connectivity index (χ4n) is 3.93. The first kappa shape index (κ1) is 23.8. The molecule has 1 aliphatic heterocycles. The number of hydrogen-bond acceptors (Lipinski definition) is 5. The number of nitrogens with zero attached hydrogens (tertiary/aromatic N) is 1. The number of nitrogens with two attached hydrogens (primary N) is 1. The largest absolute Gasteiger partial charge is 0.384 e. The molecule has 2 amide bonds. The van der Waals surface area contributed by atoms with Gasteiger partial charge in [0.05, 0.1) is 26.2 Å². The molecular weight excluding hydrogens is 406 g/mol. The highest BCUT2D eigenvalue weighted by molar-refractivity contribution is 5.94. The third-order valence-electron chi connectivity index (χ3n) is 5.83. The molecule has 172 valence electrons. The van der Waals surface area contributed by atoms with E-state index in [4.69, 9.17) is 15.2 Å². The first-order valence-corrected chi connectivity index (χ1v) is 11.2. The van der Waals surface area contributed by atoms with Gasteiger partial charge in [-0.25, -0.2) is 0 Å². The first-order chi connectivity index (χ1) is 15.6. The van der Waals surface area contributed by atoms with Crippen molar-refractivity contribution in [3.63, 3.8) is 0 Å². The quantitative estimate of drug-likeness (QED) is 0.525. The predicted molar refractivity (Wildman–Crippen MR) is 126 cm³/mol. The monoisotopic (exact) mass is 439 g/mol. The number of rotatable bonds is 11. The summed E-state index contributed by atoms with van der Waals surface area (Å²) in [6.07, 6.45) is 2.37.